The Kier molecular flexibility index (Phi) is 7.74. The van der Waals surface area contributed by atoms with Gasteiger partial charge in [-0.05, 0) is 49.2 Å². The van der Waals surface area contributed by atoms with Gasteiger partial charge in [0.25, 0.3) is 15.9 Å². The number of nitrogens with one attached hydrogen (secondary N) is 1. The largest absolute Gasteiger partial charge is 0.445 e. The first-order valence-corrected chi connectivity index (χ1v) is 14.7. The minimum Gasteiger partial charge on any atom is -0.445 e. The van der Waals surface area contributed by atoms with Gasteiger partial charge in [0, 0.05) is 41.1 Å². The number of carbonyl (C=O) groups excluding carboxylic acids is 1. The first-order chi connectivity index (χ1) is 19.6. The summed E-state index contributed by atoms with van der Waals surface area (Å²) in [6.07, 6.45) is 8.53. The number of hydrogen-bond acceptors (Lipinski definition) is 8. The van der Waals surface area contributed by atoms with Gasteiger partial charge in [-0.3, -0.25) is 4.79 Å². The van der Waals surface area contributed by atoms with E-state index < -0.39 is 10.0 Å². The molecule has 0 aliphatic heterocycles. The summed E-state index contributed by atoms with van der Waals surface area (Å²) < 4.78 is 40.5. The third kappa shape index (κ3) is 5.63. The number of aryl methyl sites for hydroxylation is 1. The number of benzene rings is 2. The van der Waals surface area contributed by atoms with E-state index >= 15 is 0 Å². The number of carbonyl (C=O) groups is 1. The van der Waals surface area contributed by atoms with Crippen LogP contribution >= 0.6 is 12.2 Å². The van der Waals surface area contributed by atoms with Crippen molar-refractivity contribution in [2.45, 2.75) is 32.2 Å². The second-order valence-corrected chi connectivity index (χ2v) is 11.9. The lowest BCUT2D eigenvalue weighted by Crippen LogP contribution is -2.32. The van der Waals surface area contributed by atoms with Gasteiger partial charge in [0.1, 0.15) is 6.26 Å². The topological polar surface area (TPSA) is 119 Å². The number of likely N-dealkylation sites (N-methyl/N-ethyl adjacent to an activating group) is 1. The maximum Gasteiger partial charge on any atom is 0.264 e. The Balaban J connectivity index is 1.57. The molecule has 1 atom stereocenters. The van der Waals surface area contributed by atoms with Gasteiger partial charge in [-0.1, -0.05) is 60.7 Å². The van der Waals surface area contributed by atoms with Crippen LogP contribution in [-0.2, 0) is 21.4 Å². The summed E-state index contributed by atoms with van der Waals surface area (Å²) in [5, 5.41) is 3.85. The molecule has 41 heavy (non-hydrogen) atoms. The average Bonchev–Trinajstić information content (AvgIpc) is 3.61. The number of rotatable bonds is 8. The molecule has 1 N–H and O–H groups in total. The first kappa shape index (κ1) is 28.2. The third-order valence-corrected chi connectivity index (χ3v) is 8.94. The molecule has 0 saturated carbocycles. The number of nitrogens with zero attached hydrogens (tertiary/aromatic N) is 3. The van der Waals surface area contributed by atoms with E-state index in [1.54, 1.807) is 68.4 Å². The van der Waals surface area contributed by atoms with Crippen molar-refractivity contribution < 1.29 is 22.2 Å². The molecule has 1 unspecified atom stereocenters. The van der Waals surface area contributed by atoms with Crippen molar-refractivity contribution in [2.75, 3.05) is 11.8 Å². The Morgan fingerprint density at radius 1 is 1.15 bits per heavy atom. The van der Waals surface area contributed by atoms with Crippen LogP contribution in [0.15, 0.2) is 92.6 Å². The Bertz CT molecular complexity index is 1800. The Labute approximate surface area is 243 Å². The number of aromatic nitrogens is 2. The molecular weight excluding hydrogens is 560 g/mol. The van der Waals surface area contributed by atoms with E-state index in [0.717, 1.165) is 0 Å². The van der Waals surface area contributed by atoms with Gasteiger partial charge < -0.3 is 13.8 Å². The molecule has 5 rings (SSSR count). The van der Waals surface area contributed by atoms with Crippen LogP contribution in [0.25, 0.3) is 22.6 Å². The van der Waals surface area contributed by atoms with Crippen LogP contribution in [0.4, 0.5) is 5.88 Å². The molecule has 11 heteroatoms. The summed E-state index contributed by atoms with van der Waals surface area (Å²) in [5.74, 6) is 0.216. The van der Waals surface area contributed by atoms with E-state index in [2.05, 4.69) is 14.9 Å². The molecule has 1 aliphatic carbocycles. The molecule has 210 valence electrons. The fourth-order valence-electron chi connectivity index (χ4n) is 4.54. The zero-order valence-electron chi connectivity index (χ0n) is 22.9. The Morgan fingerprint density at radius 2 is 1.93 bits per heavy atom. The average molecular weight is 589 g/mol. The number of thiocarbonyl (C=S) groups is 1. The number of sulfonamides is 1. The van der Waals surface area contributed by atoms with Crippen LogP contribution in [0.2, 0.25) is 0 Å². The molecule has 2 aromatic heterocycles. The highest BCUT2D eigenvalue weighted by atomic mass is 32.2. The molecule has 4 aromatic rings. The van der Waals surface area contributed by atoms with E-state index in [1.165, 1.54) is 12.3 Å². The number of oxazole rings is 1. The number of hydrogen-bond donors (Lipinski definition) is 1. The van der Waals surface area contributed by atoms with Crippen LogP contribution in [0.1, 0.15) is 23.7 Å². The Hall–Kier alpha value is -4.35. The molecule has 1 aliphatic rings. The second kappa shape index (κ2) is 11.3. The molecule has 9 nitrogen and oxygen atoms in total. The van der Waals surface area contributed by atoms with Gasteiger partial charge in [-0.2, -0.15) is 0 Å². The number of anilines is 1. The van der Waals surface area contributed by atoms with E-state index in [9.17, 15) is 13.2 Å². The van der Waals surface area contributed by atoms with Crippen molar-refractivity contribution in [1.82, 2.24) is 15.0 Å². The molecule has 0 bridgehead atoms. The highest BCUT2D eigenvalue weighted by Gasteiger charge is 2.26. The van der Waals surface area contributed by atoms with Gasteiger partial charge in [-0.25, -0.2) is 18.1 Å². The van der Waals surface area contributed by atoms with E-state index in [-0.39, 0.29) is 29.1 Å². The minimum absolute atomic E-state index is 0.0207. The van der Waals surface area contributed by atoms with Crippen molar-refractivity contribution in [1.29, 1.82) is 0 Å². The van der Waals surface area contributed by atoms with Crippen molar-refractivity contribution >= 4 is 38.9 Å². The van der Waals surface area contributed by atoms with Crippen LogP contribution in [0, 0.1) is 19.8 Å². The van der Waals surface area contributed by atoms with Gasteiger partial charge in [0.2, 0.25) is 11.8 Å². The van der Waals surface area contributed by atoms with Gasteiger partial charge in [0.05, 0.1) is 22.4 Å². The standard InChI is InChI=1S/C30H28N4O5S2/c1-18-8-7-10-25(27(18)40)30(35)34(4)17-22-16-21(29-31-14-15-38-29)12-13-23(22)24-9-5-6-11-26(24)41(36,37)33-28-19(2)20(3)32-39-28/h5-16,18,33H,17H2,1-4H3. The minimum atomic E-state index is -4.08. The maximum atomic E-state index is 13.6. The first-order valence-electron chi connectivity index (χ1n) is 12.8. The monoisotopic (exact) mass is 588 g/mol. The third-order valence-electron chi connectivity index (χ3n) is 6.96. The molecule has 0 saturated heterocycles. The summed E-state index contributed by atoms with van der Waals surface area (Å²) in [6, 6.07) is 12.1. The molecule has 0 radical (unpaired) electrons. The smallest absolute Gasteiger partial charge is 0.264 e. The van der Waals surface area contributed by atoms with Crippen LogP contribution < -0.4 is 4.72 Å². The quantitative estimate of drug-likeness (QED) is 0.254. The summed E-state index contributed by atoms with van der Waals surface area (Å²) in [5.41, 5.74) is 4.11. The fourth-order valence-corrected chi connectivity index (χ4v) is 6.04. The van der Waals surface area contributed by atoms with Crippen molar-refractivity contribution in [3.05, 3.63) is 95.5 Å². The SMILES string of the molecule is Cc1noc(NS(=O)(=O)c2ccccc2-c2ccc(-c3ncco3)cc2CN(C)C(=O)C2=CC=CC(C)C2=S)c1C. The highest BCUT2D eigenvalue weighted by Crippen LogP contribution is 2.35. The number of amides is 1. The van der Waals surface area contributed by atoms with Crippen LogP contribution in [0.5, 0.6) is 0 Å². The summed E-state index contributed by atoms with van der Waals surface area (Å²) in [6.45, 7) is 5.58. The van der Waals surface area contributed by atoms with Gasteiger partial charge in [0.15, 0.2) is 0 Å². The van der Waals surface area contributed by atoms with Crippen molar-refractivity contribution in [3.8, 4) is 22.6 Å². The summed E-state index contributed by atoms with van der Waals surface area (Å²) in [4.78, 5) is 19.9. The maximum absolute atomic E-state index is 13.6. The summed E-state index contributed by atoms with van der Waals surface area (Å²) in [7, 11) is -2.39. The van der Waals surface area contributed by atoms with Gasteiger partial charge in [-0.15, -0.1) is 0 Å². The van der Waals surface area contributed by atoms with Crippen LogP contribution in [-0.4, -0.2) is 41.3 Å². The lowest BCUT2D eigenvalue weighted by molar-refractivity contribution is -0.125. The lowest BCUT2D eigenvalue weighted by Gasteiger charge is -2.24. The zero-order chi connectivity index (χ0) is 29.3. The fraction of sp³-hybridized carbons (Fsp3) is 0.200. The molecule has 2 aromatic carbocycles. The molecule has 0 spiro atoms. The summed E-state index contributed by atoms with van der Waals surface area (Å²) >= 11 is 5.54. The van der Waals surface area contributed by atoms with Crippen molar-refractivity contribution in [3.63, 3.8) is 0 Å². The number of allylic oxidation sites excluding steroid dienone is 3. The molecular formula is C30H28N4O5S2. The van der Waals surface area contributed by atoms with E-state index in [1.807, 2.05) is 25.1 Å². The normalized spacial score (nSPS) is 15.1. The van der Waals surface area contributed by atoms with E-state index in [0.29, 0.717) is 49.8 Å². The lowest BCUT2D eigenvalue weighted by atomic mass is 9.94. The van der Waals surface area contributed by atoms with E-state index in [4.69, 9.17) is 21.2 Å². The second-order valence-electron chi connectivity index (χ2n) is 9.81. The predicted molar refractivity (Wildman–Crippen MR) is 160 cm³/mol. The zero-order valence-corrected chi connectivity index (χ0v) is 24.5. The van der Waals surface area contributed by atoms with Crippen LogP contribution in [0.3, 0.4) is 0 Å². The predicted octanol–water partition coefficient (Wildman–Crippen LogP) is 5.87. The van der Waals surface area contributed by atoms with Gasteiger partial charge >= 0.3 is 0 Å². The molecule has 2 heterocycles. The highest BCUT2D eigenvalue weighted by molar-refractivity contribution is 7.92. The Morgan fingerprint density at radius 3 is 2.63 bits per heavy atom. The van der Waals surface area contributed by atoms with Crippen molar-refractivity contribution in [2.24, 2.45) is 5.92 Å². The molecule has 1 amide bonds. The molecule has 0 fully saturated rings.